The summed E-state index contributed by atoms with van der Waals surface area (Å²) in [6, 6.07) is 11.4. The highest BCUT2D eigenvalue weighted by Gasteiger charge is 2.03. The number of nitrogen functional groups attached to an aromatic ring is 1. The topological polar surface area (TPSA) is 38.0 Å². The summed E-state index contributed by atoms with van der Waals surface area (Å²) in [5.41, 5.74) is 7.29. The van der Waals surface area contributed by atoms with Crippen LogP contribution in [0.2, 0.25) is 5.02 Å². The zero-order chi connectivity index (χ0) is 11.5. The highest BCUT2D eigenvalue weighted by atomic mass is 35.5. The zero-order valence-corrected chi connectivity index (χ0v) is 9.13. The molecule has 0 aliphatic carbocycles. The number of hydrogen-bond acceptors (Lipinski definition) is 2. The van der Waals surface area contributed by atoms with Crippen LogP contribution >= 0.6 is 11.6 Å². The quantitative estimate of drug-likeness (QED) is 0.779. The molecule has 2 nitrogen and oxygen atoms in total. The third kappa shape index (κ3) is 2.44. The van der Waals surface area contributed by atoms with E-state index >= 15 is 0 Å². The van der Waals surface area contributed by atoms with Crippen molar-refractivity contribution >= 4 is 28.7 Å². The molecule has 0 radical (unpaired) electrons. The number of nitrogens with one attached hydrogen (secondary N) is 1. The molecular weight excluding hydrogens is 227 g/mol. The summed E-state index contributed by atoms with van der Waals surface area (Å²) >= 11 is 5.78. The Kier molecular flexibility index (Phi) is 2.97. The van der Waals surface area contributed by atoms with Crippen LogP contribution < -0.4 is 11.1 Å². The van der Waals surface area contributed by atoms with Crippen molar-refractivity contribution in [3.05, 3.63) is 53.3 Å². The standard InChI is InChI=1S/C12H10ClFN2/c13-8-4-5-11(14)12(6-8)16-10-3-1-2-9(15)7-10/h1-7,16H,15H2. The molecule has 3 N–H and O–H groups in total. The predicted molar refractivity (Wildman–Crippen MR) is 65.5 cm³/mol. The lowest BCUT2D eigenvalue weighted by atomic mass is 10.2. The van der Waals surface area contributed by atoms with Gasteiger partial charge in [0.15, 0.2) is 0 Å². The van der Waals surface area contributed by atoms with Crippen LogP contribution in [0.3, 0.4) is 0 Å². The van der Waals surface area contributed by atoms with Crippen LogP contribution in [-0.2, 0) is 0 Å². The van der Waals surface area contributed by atoms with Gasteiger partial charge in [-0.15, -0.1) is 0 Å². The minimum Gasteiger partial charge on any atom is -0.399 e. The molecule has 0 atom stereocenters. The molecule has 0 aromatic heterocycles. The summed E-state index contributed by atoms with van der Waals surface area (Å²) in [5, 5.41) is 3.39. The Morgan fingerprint density at radius 1 is 1.12 bits per heavy atom. The van der Waals surface area contributed by atoms with E-state index in [9.17, 15) is 4.39 Å². The molecule has 0 aliphatic rings. The van der Waals surface area contributed by atoms with Gasteiger partial charge in [0.25, 0.3) is 0 Å². The minimum absolute atomic E-state index is 0.332. The van der Waals surface area contributed by atoms with Gasteiger partial charge in [0.05, 0.1) is 5.69 Å². The summed E-state index contributed by atoms with van der Waals surface area (Å²) in [5.74, 6) is -0.355. The van der Waals surface area contributed by atoms with E-state index in [1.165, 1.54) is 18.2 Å². The number of rotatable bonds is 2. The van der Waals surface area contributed by atoms with E-state index in [0.29, 0.717) is 16.4 Å². The van der Waals surface area contributed by atoms with E-state index in [-0.39, 0.29) is 5.82 Å². The molecule has 82 valence electrons. The maximum absolute atomic E-state index is 13.4. The van der Waals surface area contributed by atoms with Gasteiger partial charge in [-0.2, -0.15) is 0 Å². The summed E-state index contributed by atoms with van der Waals surface area (Å²) in [6.45, 7) is 0. The van der Waals surface area contributed by atoms with Crippen molar-refractivity contribution in [1.29, 1.82) is 0 Å². The number of anilines is 3. The summed E-state index contributed by atoms with van der Waals surface area (Å²) < 4.78 is 13.4. The lowest BCUT2D eigenvalue weighted by Crippen LogP contribution is -1.94. The molecule has 16 heavy (non-hydrogen) atoms. The fourth-order valence-corrected chi connectivity index (χ4v) is 1.54. The average Bonchev–Trinajstić information content (AvgIpc) is 2.24. The number of halogens is 2. The average molecular weight is 237 g/mol. The summed E-state index contributed by atoms with van der Waals surface area (Å²) in [4.78, 5) is 0. The molecule has 0 bridgehead atoms. The molecule has 0 aliphatic heterocycles. The van der Waals surface area contributed by atoms with Gasteiger partial charge in [-0.25, -0.2) is 4.39 Å². The first-order valence-electron chi connectivity index (χ1n) is 4.73. The van der Waals surface area contributed by atoms with Crippen LogP contribution in [0.4, 0.5) is 21.5 Å². The van der Waals surface area contributed by atoms with Gasteiger partial charge in [-0.1, -0.05) is 17.7 Å². The normalized spacial score (nSPS) is 10.1. The van der Waals surface area contributed by atoms with Gasteiger partial charge >= 0.3 is 0 Å². The zero-order valence-electron chi connectivity index (χ0n) is 8.37. The molecule has 0 fully saturated rings. The molecule has 0 heterocycles. The summed E-state index contributed by atoms with van der Waals surface area (Å²) in [6.07, 6.45) is 0. The van der Waals surface area contributed by atoms with E-state index < -0.39 is 0 Å². The first-order chi connectivity index (χ1) is 7.65. The van der Waals surface area contributed by atoms with E-state index in [4.69, 9.17) is 17.3 Å². The Balaban J connectivity index is 2.30. The smallest absolute Gasteiger partial charge is 0.146 e. The van der Waals surface area contributed by atoms with Crippen molar-refractivity contribution in [3.63, 3.8) is 0 Å². The number of nitrogens with two attached hydrogens (primary N) is 1. The predicted octanol–water partition coefficient (Wildman–Crippen LogP) is 3.80. The lowest BCUT2D eigenvalue weighted by molar-refractivity contribution is 0.632. The second-order valence-electron chi connectivity index (χ2n) is 3.37. The van der Waals surface area contributed by atoms with Gasteiger partial charge in [-0.3, -0.25) is 0 Å². The molecule has 4 heteroatoms. The highest BCUT2D eigenvalue weighted by molar-refractivity contribution is 6.30. The van der Waals surface area contributed by atoms with Gasteiger partial charge in [0.2, 0.25) is 0 Å². The van der Waals surface area contributed by atoms with Crippen molar-refractivity contribution in [2.75, 3.05) is 11.1 Å². The van der Waals surface area contributed by atoms with E-state index in [1.54, 1.807) is 24.3 Å². The molecule has 0 spiro atoms. The van der Waals surface area contributed by atoms with Crippen LogP contribution in [-0.4, -0.2) is 0 Å². The molecule has 0 saturated heterocycles. The van der Waals surface area contributed by atoms with Crippen LogP contribution in [0.5, 0.6) is 0 Å². The SMILES string of the molecule is Nc1cccc(Nc2cc(Cl)ccc2F)c1. The monoisotopic (exact) mass is 236 g/mol. The van der Waals surface area contributed by atoms with Crippen LogP contribution in [0, 0.1) is 5.82 Å². The van der Waals surface area contributed by atoms with Crippen molar-refractivity contribution in [3.8, 4) is 0 Å². The van der Waals surface area contributed by atoms with Gasteiger partial charge in [0, 0.05) is 16.4 Å². The molecule has 2 rings (SSSR count). The first kappa shape index (κ1) is 10.8. The fraction of sp³-hybridized carbons (Fsp3) is 0. The third-order valence-corrected chi connectivity index (χ3v) is 2.33. The lowest BCUT2D eigenvalue weighted by Gasteiger charge is -2.08. The Hall–Kier alpha value is -1.74. The third-order valence-electron chi connectivity index (χ3n) is 2.09. The molecule has 0 saturated carbocycles. The molecule has 0 unspecified atom stereocenters. The number of benzene rings is 2. The second kappa shape index (κ2) is 4.41. The van der Waals surface area contributed by atoms with E-state index in [1.807, 2.05) is 0 Å². The van der Waals surface area contributed by atoms with E-state index in [0.717, 1.165) is 5.69 Å². The molecule has 0 amide bonds. The molecule has 2 aromatic carbocycles. The Morgan fingerprint density at radius 2 is 1.94 bits per heavy atom. The van der Waals surface area contributed by atoms with Crippen LogP contribution in [0.15, 0.2) is 42.5 Å². The Bertz CT molecular complexity index is 514. The maximum atomic E-state index is 13.4. The largest absolute Gasteiger partial charge is 0.399 e. The minimum atomic E-state index is -0.355. The van der Waals surface area contributed by atoms with Crippen LogP contribution in [0.25, 0.3) is 0 Å². The van der Waals surface area contributed by atoms with Crippen molar-refractivity contribution in [2.24, 2.45) is 0 Å². The second-order valence-corrected chi connectivity index (χ2v) is 3.81. The first-order valence-corrected chi connectivity index (χ1v) is 5.10. The Labute approximate surface area is 97.8 Å². The molecule has 2 aromatic rings. The van der Waals surface area contributed by atoms with Gasteiger partial charge < -0.3 is 11.1 Å². The number of hydrogen-bond donors (Lipinski definition) is 2. The van der Waals surface area contributed by atoms with Gasteiger partial charge in [-0.05, 0) is 36.4 Å². The Morgan fingerprint density at radius 3 is 2.69 bits per heavy atom. The van der Waals surface area contributed by atoms with Crippen LogP contribution in [0.1, 0.15) is 0 Å². The summed E-state index contributed by atoms with van der Waals surface area (Å²) in [7, 11) is 0. The van der Waals surface area contributed by atoms with Crippen molar-refractivity contribution in [1.82, 2.24) is 0 Å². The molecular formula is C12H10ClFN2. The van der Waals surface area contributed by atoms with Gasteiger partial charge in [0.1, 0.15) is 5.82 Å². The van der Waals surface area contributed by atoms with Crippen molar-refractivity contribution < 1.29 is 4.39 Å². The van der Waals surface area contributed by atoms with Crippen molar-refractivity contribution in [2.45, 2.75) is 0 Å². The highest BCUT2D eigenvalue weighted by Crippen LogP contribution is 2.24. The van der Waals surface area contributed by atoms with E-state index in [2.05, 4.69) is 5.32 Å². The maximum Gasteiger partial charge on any atom is 0.146 e. The fourth-order valence-electron chi connectivity index (χ4n) is 1.37.